The summed E-state index contributed by atoms with van der Waals surface area (Å²) in [6.07, 6.45) is 0.536. The molecule has 4 nitrogen and oxygen atoms in total. The van der Waals surface area contributed by atoms with Crippen molar-refractivity contribution in [3.63, 3.8) is 0 Å². The van der Waals surface area contributed by atoms with Gasteiger partial charge in [-0.25, -0.2) is 0 Å². The lowest BCUT2D eigenvalue weighted by Gasteiger charge is -2.15. The van der Waals surface area contributed by atoms with Crippen LogP contribution in [0.15, 0.2) is 11.4 Å². The Balaban J connectivity index is 2.55. The number of hydrogen-bond acceptors (Lipinski definition) is 3. The van der Waals surface area contributed by atoms with Gasteiger partial charge in [-0.1, -0.05) is 25.4 Å². The molecule has 1 aromatic heterocycles. The summed E-state index contributed by atoms with van der Waals surface area (Å²) in [4.78, 5) is 23.2. The van der Waals surface area contributed by atoms with Gasteiger partial charge in [0.05, 0.1) is 10.9 Å². The number of rotatable bonds is 6. The van der Waals surface area contributed by atoms with E-state index in [4.69, 9.17) is 16.7 Å². The minimum Gasteiger partial charge on any atom is -0.481 e. The van der Waals surface area contributed by atoms with Crippen LogP contribution in [-0.2, 0) is 4.79 Å². The number of hydrogen-bond donors (Lipinski definition) is 2. The number of carbonyl (C=O) groups excluding carboxylic acids is 1. The molecule has 0 aromatic carbocycles. The van der Waals surface area contributed by atoms with Crippen molar-refractivity contribution in [3.8, 4) is 0 Å². The molecule has 0 aliphatic rings. The second-order valence-electron chi connectivity index (χ2n) is 4.47. The van der Waals surface area contributed by atoms with E-state index in [0.29, 0.717) is 16.3 Å². The van der Waals surface area contributed by atoms with Crippen LogP contribution in [0.25, 0.3) is 0 Å². The van der Waals surface area contributed by atoms with Crippen LogP contribution in [0, 0.1) is 11.8 Å². The Bertz CT molecular complexity index is 431. The van der Waals surface area contributed by atoms with E-state index in [2.05, 4.69) is 5.32 Å². The number of carboxylic acids is 1. The summed E-state index contributed by atoms with van der Waals surface area (Å²) in [5, 5.41) is 13.8. The average molecular weight is 290 g/mol. The van der Waals surface area contributed by atoms with Crippen LogP contribution in [0.4, 0.5) is 0 Å². The molecule has 1 aromatic rings. The standard InChI is InChI=1S/C12H16ClNO3S/c1-7(2)5-8(12(16)17)6-14-11(15)10-9(13)3-4-18-10/h3-4,7-8H,5-6H2,1-2H3,(H,14,15)(H,16,17). The van der Waals surface area contributed by atoms with Crippen LogP contribution in [0.5, 0.6) is 0 Å². The zero-order valence-corrected chi connectivity index (χ0v) is 11.8. The fraction of sp³-hybridized carbons (Fsp3) is 0.500. The highest BCUT2D eigenvalue weighted by atomic mass is 35.5. The minimum atomic E-state index is -0.888. The first-order valence-electron chi connectivity index (χ1n) is 5.65. The van der Waals surface area contributed by atoms with Crippen LogP contribution in [0.2, 0.25) is 5.02 Å². The summed E-state index contributed by atoms with van der Waals surface area (Å²) in [6.45, 7) is 4.03. The molecule has 1 rings (SSSR count). The Labute approximate surface area is 115 Å². The molecule has 1 amide bonds. The van der Waals surface area contributed by atoms with Gasteiger partial charge in [0, 0.05) is 6.54 Å². The van der Waals surface area contributed by atoms with E-state index in [1.807, 2.05) is 13.8 Å². The lowest BCUT2D eigenvalue weighted by molar-refractivity contribution is -0.142. The SMILES string of the molecule is CC(C)CC(CNC(=O)c1sccc1Cl)C(=O)O. The van der Waals surface area contributed by atoms with E-state index in [-0.39, 0.29) is 18.4 Å². The van der Waals surface area contributed by atoms with Crippen LogP contribution in [-0.4, -0.2) is 23.5 Å². The molecule has 0 fully saturated rings. The van der Waals surface area contributed by atoms with Crippen molar-refractivity contribution in [2.24, 2.45) is 11.8 Å². The maximum Gasteiger partial charge on any atom is 0.308 e. The normalized spacial score (nSPS) is 12.4. The van der Waals surface area contributed by atoms with Gasteiger partial charge in [-0.15, -0.1) is 11.3 Å². The van der Waals surface area contributed by atoms with Crippen LogP contribution in [0.3, 0.4) is 0 Å². The van der Waals surface area contributed by atoms with Gasteiger partial charge < -0.3 is 10.4 Å². The van der Waals surface area contributed by atoms with Crippen molar-refractivity contribution in [1.29, 1.82) is 0 Å². The van der Waals surface area contributed by atoms with Gasteiger partial charge >= 0.3 is 5.97 Å². The van der Waals surface area contributed by atoms with Crippen molar-refractivity contribution in [1.82, 2.24) is 5.32 Å². The third-order valence-electron chi connectivity index (χ3n) is 2.44. The zero-order chi connectivity index (χ0) is 13.7. The molecule has 1 atom stereocenters. The lowest BCUT2D eigenvalue weighted by atomic mass is 9.97. The fourth-order valence-electron chi connectivity index (χ4n) is 1.59. The van der Waals surface area contributed by atoms with Crippen molar-refractivity contribution in [2.45, 2.75) is 20.3 Å². The number of carbonyl (C=O) groups is 2. The molecule has 1 unspecified atom stereocenters. The first-order valence-corrected chi connectivity index (χ1v) is 6.91. The molecule has 2 N–H and O–H groups in total. The molecule has 0 bridgehead atoms. The van der Waals surface area contributed by atoms with Crippen molar-refractivity contribution >= 4 is 34.8 Å². The molecule has 0 aliphatic heterocycles. The smallest absolute Gasteiger partial charge is 0.308 e. The number of halogens is 1. The predicted molar refractivity (Wildman–Crippen MR) is 72.2 cm³/mol. The fourth-order valence-corrected chi connectivity index (χ4v) is 2.65. The van der Waals surface area contributed by atoms with E-state index in [0.717, 1.165) is 0 Å². The van der Waals surface area contributed by atoms with Crippen LogP contribution in [0.1, 0.15) is 29.9 Å². The van der Waals surface area contributed by atoms with Crippen molar-refractivity contribution in [2.75, 3.05) is 6.54 Å². The number of carboxylic acid groups (broad SMARTS) is 1. The molecular formula is C12H16ClNO3S. The number of amides is 1. The quantitative estimate of drug-likeness (QED) is 0.846. The highest BCUT2D eigenvalue weighted by Gasteiger charge is 2.20. The molecule has 0 spiro atoms. The third-order valence-corrected chi connectivity index (χ3v) is 3.78. The second-order valence-corrected chi connectivity index (χ2v) is 5.80. The molecule has 6 heteroatoms. The van der Waals surface area contributed by atoms with Crippen molar-refractivity contribution < 1.29 is 14.7 Å². The van der Waals surface area contributed by atoms with E-state index >= 15 is 0 Å². The Kier molecular flexibility index (Phi) is 5.62. The maximum atomic E-state index is 11.8. The topological polar surface area (TPSA) is 66.4 Å². The Morgan fingerprint density at radius 1 is 1.50 bits per heavy atom. The van der Waals surface area contributed by atoms with Gasteiger partial charge in [0.2, 0.25) is 0 Å². The number of nitrogens with one attached hydrogen (secondary N) is 1. The van der Waals surface area contributed by atoms with Crippen LogP contribution >= 0.6 is 22.9 Å². The monoisotopic (exact) mass is 289 g/mol. The molecule has 100 valence electrons. The first kappa shape index (κ1) is 15.0. The maximum absolute atomic E-state index is 11.8. The molecule has 18 heavy (non-hydrogen) atoms. The Morgan fingerprint density at radius 3 is 2.61 bits per heavy atom. The largest absolute Gasteiger partial charge is 0.481 e. The summed E-state index contributed by atoms with van der Waals surface area (Å²) in [5.41, 5.74) is 0. The van der Waals surface area contributed by atoms with Gasteiger partial charge in [-0.3, -0.25) is 9.59 Å². The molecule has 0 radical (unpaired) electrons. The van der Waals surface area contributed by atoms with Gasteiger partial charge in [-0.2, -0.15) is 0 Å². The summed E-state index contributed by atoms with van der Waals surface area (Å²) in [5.74, 6) is -1.49. The second kappa shape index (κ2) is 6.75. The molecular weight excluding hydrogens is 274 g/mol. The molecule has 0 saturated heterocycles. The summed E-state index contributed by atoms with van der Waals surface area (Å²) in [6, 6.07) is 1.64. The summed E-state index contributed by atoms with van der Waals surface area (Å²) in [7, 11) is 0. The Morgan fingerprint density at radius 2 is 2.17 bits per heavy atom. The van der Waals surface area contributed by atoms with E-state index < -0.39 is 11.9 Å². The summed E-state index contributed by atoms with van der Waals surface area (Å²) < 4.78 is 0. The van der Waals surface area contributed by atoms with E-state index in [9.17, 15) is 9.59 Å². The third kappa shape index (κ3) is 4.31. The summed E-state index contributed by atoms with van der Waals surface area (Å²) >= 11 is 7.07. The highest BCUT2D eigenvalue weighted by Crippen LogP contribution is 2.21. The van der Waals surface area contributed by atoms with E-state index in [1.54, 1.807) is 11.4 Å². The molecule has 0 saturated carbocycles. The minimum absolute atomic E-state index is 0.126. The van der Waals surface area contributed by atoms with Gasteiger partial charge in [0.1, 0.15) is 4.88 Å². The highest BCUT2D eigenvalue weighted by molar-refractivity contribution is 7.12. The molecule has 1 heterocycles. The lowest BCUT2D eigenvalue weighted by Crippen LogP contribution is -2.33. The number of thiophene rings is 1. The zero-order valence-electron chi connectivity index (χ0n) is 10.3. The predicted octanol–water partition coefficient (Wildman–Crippen LogP) is 2.88. The average Bonchev–Trinajstić information content (AvgIpc) is 2.69. The van der Waals surface area contributed by atoms with Gasteiger partial charge in [0.15, 0.2) is 0 Å². The molecule has 0 aliphatic carbocycles. The van der Waals surface area contributed by atoms with Crippen LogP contribution < -0.4 is 5.32 Å². The van der Waals surface area contributed by atoms with Gasteiger partial charge in [-0.05, 0) is 23.8 Å². The van der Waals surface area contributed by atoms with E-state index in [1.165, 1.54) is 11.3 Å². The van der Waals surface area contributed by atoms with Crippen molar-refractivity contribution in [3.05, 3.63) is 21.3 Å². The first-order chi connectivity index (χ1) is 8.41. The Hall–Kier alpha value is -1.07. The number of aliphatic carboxylic acids is 1. The van der Waals surface area contributed by atoms with Gasteiger partial charge in [0.25, 0.3) is 5.91 Å².